The molecule has 1 aliphatic heterocycles. The van der Waals surface area contributed by atoms with E-state index in [4.69, 9.17) is 4.74 Å². The maximum Gasteiger partial charge on any atom is 0.314 e. The summed E-state index contributed by atoms with van der Waals surface area (Å²) in [5, 5.41) is 5.96. The van der Waals surface area contributed by atoms with Crippen molar-refractivity contribution in [2.24, 2.45) is 5.92 Å². The van der Waals surface area contributed by atoms with Crippen molar-refractivity contribution >= 4 is 6.03 Å². The molecule has 1 unspecified atom stereocenters. The number of hydrogen-bond acceptors (Lipinski definition) is 3. The first-order valence-corrected chi connectivity index (χ1v) is 9.69. The second kappa shape index (κ2) is 9.38. The Morgan fingerprint density at radius 2 is 2.12 bits per heavy atom. The normalized spacial score (nSPS) is 18.8. The summed E-state index contributed by atoms with van der Waals surface area (Å²) in [6.45, 7) is 15.7. The summed E-state index contributed by atoms with van der Waals surface area (Å²) in [6.07, 6.45) is 0.0676. The highest BCUT2D eigenvalue weighted by molar-refractivity contribution is 5.74. The zero-order chi connectivity index (χ0) is 19.2. The van der Waals surface area contributed by atoms with Crippen LogP contribution in [0.3, 0.4) is 0 Å². The van der Waals surface area contributed by atoms with Crippen molar-refractivity contribution in [2.75, 3.05) is 39.3 Å². The van der Waals surface area contributed by atoms with Crippen molar-refractivity contribution < 1.29 is 9.53 Å². The monoisotopic (exact) mass is 361 g/mol. The topological polar surface area (TPSA) is 53.6 Å². The molecule has 2 rings (SSSR count). The van der Waals surface area contributed by atoms with Crippen molar-refractivity contribution in [3.8, 4) is 0 Å². The number of ether oxygens (including phenoxy) is 1. The van der Waals surface area contributed by atoms with Gasteiger partial charge in [0.25, 0.3) is 0 Å². The van der Waals surface area contributed by atoms with Gasteiger partial charge in [0, 0.05) is 38.1 Å². The molecule has 1 atom stereocenters. The van der Waals surface area contributed by atoms with E-state index in [1.54, 1.807) is 0 Å². The molecule has 0 aromatic heterocycles. The lowest BCUT2D eigenvalue weighted by Crippen LogP contribution is -2.50. The van der Waals surface area contributed by atoms with E-state index in [0.29, 0.717) is 19.0 Å². The van der Waals surface area contributed by atoms with Crippen LogP contribution in [0.5, 0.6) is 0 Å². The van der Waals surface area contributed by atoms with Crippen LogP contribution in [0.15, 0.2) is 24.3 Å². The van der Waals surface area contributed by atoms with Gasteiger partial charge in [0.1, 0.15) is 0 Å². The van der Waals surface area contributed by atoms with E-state index >= 15 is 0 Å². The van der Waals surface area contributed by atoms with Crippen LogP contribution in [0, 0.1) is 12.8 Å². The maximum atomic E-state index is 12.2. The van der Waals surface area contributed by atoms with Gasteiger partial charge in [-0.2, -0.15) is 0 Å². The van der Waals surface area contributed by atoms with Crippen molar-refractivity contribution in [1.82, 2.24) is 15.5 Å². The third-order valence-corrected chi connectivity index (χ3v) is 4.83. The predicted molar refractivity (Wildman–Crippen MR) is 107 cm³/mol. The average Bonchev–Trinajstić information content (AvgIpc) is 2.58. The highest BCUT2D eigenvalue weighted by atomic mass is 16.5. The Kier molecular flexibility index (Phi) is 7.47. The van der Waals surface area contributed by atoms with E-state index in [0.717, 1.165) is 26.2 Å². The van der Waals surface area contributed by atoms with Gasteiger partial charge in [-0.3, -0.25) is 4.90 Å². The van der Waals surface area contributed by atoms with Crippen molar-refractivity contribution in [2.45, 2.75) is 46.1 Å². The van der Waals surface area contributed by atoms with E-state index in [-0.39, 0.29) is 17.6 Å². The minimum Gasteiger partial charge on any atom is -0.374 e. The number of carbonyl (C=O) groups is 1. The number of amides is 2. The van der Waals surface area contributed by atoms with Crippen LogP contribution < -0.4 is 10.6 Å². The van der Waals surface area contributed by atoms with Crippen LogP contribution in [0.4, 0.5) is 4.79 Å². The minimum absolute atomic E-state index is 0.0676. The van der Waals surface area contributed by atoms with E-state index in [2.05, 4.69) is 74.4 Å². The number of hydrogen-bond donors (Lipinski definition) is 2. The molecule has 1 saturated heterocycles. The van der Waals surface area contributed by atoms with Gasteiger partial charge in [0.2, 0.25) is 0 Å². The van der Waals surface area contributed by atoms with Crippen molar-refractivity contribution in [3.05, 3.63) is 35.4 Å². The molecule has 146 valence electrons. The van der Waals surface area contributed by atoms with Gasteiger partial charge in [-0.1, -0.05) is 57.5 Å². The molecule has 0 bridgehead atoms. The number of aryl methyl sites for hydroxylation is 1. The molecule has 5 nitrogen and oxygen atoms in total. The van der Waals surface area contributed by atoms with Gasteiger partial charge in [0.15, 0.2) is 0 Å². The van der Waals surface area contributed by atoms with E-state index in [1.807, 2.05) is 0 Å². The van der Waals surface area contributed by atoms with E-state index in [9.17, 15) is 4.79 Å². The number of benzene rings is 1. The fourth-order valence-electron chi connectivity index (χ4n) is 3.32. The lowest BCUT2D eigenvalue weighted by molar-refractivity contribution is -0.0290. The third kappa shape index (κ3) is 6.61. The summed E-state index contributed by atoms with van der Waals surface area (Å²) in [4.78, 5) is 14.6. The van der Waals surface area contributed by atoms with Crippen molar-refractivity contribution in [3.63, 3.8) is 0 Å². The highest BCUT2D eigenvalue weighted by Gasteiger charge is 2.23. The molecule has 1 aliphatic rings. The summed E-state index contributed by atoms with van der Waals surface area (Å²) >= 11 is 0. The molecule has 1 aromatic carbocycles. The van der Waals surface area contributed by atoms with Gasteiger partial charge in [-0.05, 0) is 18.4 Å². The Balaban J connectivity index is 1.75. The standard InChI is InChI=1S/C21H35N3O2/c1-16(2)13-24-9-10-26-19(14-24)12-22-20(25)23-15-21(4,5)18-8-6-7-17(3)11-18/h6-8,11,16,19H,9-10,12-15H2,1-5H3,(H2,22,23,25). The summed E-state index contributed by atoms with van der Waals surface area (Å²) in [7, 11) is 0. The SMILES string of the molecule is Cc1cccc(C(C)(C)CNC(=O)NCC2CN(CC(C)C)CCO2)c1. The molecule has 2 N–H and O–H groups in total. The molecule has 5 heteroatoms. The second-order valence-corrected chi connectivity index (χ2v) is 8.46. The zero-order valence-corrected chi connectivity index (χ0v) is 17.0. The number of nitrogens with zero attached hydrogens (tertiary/aromatic N) is 1. The van der Waals surface area contributed by atoms with Gasteiger partial charge >= 0.3 is 6.03 Å². The molecule has 1 aromatic rings. The lowest BCUT2D eigenvalue weighted by atomic mass is 9.84. The Morgan fingerprint density at radius 1 is 1.35 bits per heavy atom. The molecule has 1 heterocycles. The summed E-state index contributed by atoms with van der Waals surface area (Å²) in [5.74, 6) is 0.647. The quantitative estimate of drug-likeness (QED) is 0.785. The second-order valence-electron chi connectivity index (χ2n) is 8.46. The zero-order valence-electron chi connectivity index (χ0n) is 17.0. The first kappa shape index (κ1) is 20.7. The molecule has 0 aliphatic carbocycles. The van der Waals surface area contributed by atoms with Crippen LogP contribution in [-0.2, 0) is 10.2 Å². The van der Waals surface area contributed by atoms with Crippen LogP contribution in [-0.4, -0.2) is 56.4 Å². The Bertz CT molecular complexity index is 586. The molecule has 26 heavy (non-hydrogen) atoms. The number of carbonyl (C=O) groups excluding carboxylic acids is 1. The number of rotatable bonds is 7. The molecule has 0 radical (unpaired) electrons. The summed E-state index contributed by atoms with van der Waals surface area (Å²) in [6, 6.07) is 8.32. The summed E-state index contributed by atoms with van der Waals surface area (Å²) in [5.41, 5.74) is 2.36. The molecular formula is C21H35N3O2. The van der Waals surface area contributed by atoms with Gasteiger partial charge in [0.05, 0.1) is 12.7 Å². The van der Waals surface area contributed by atoms with E-state index < -0.39 is 0 Å². The number of morpholine rings is 1. The molecule has 0 saturated carbocycles. The van der Waals surface area contributed by atoms with Crippen molar-refractivity contribution in [1.29, 1.82) is 0 Å². The molecular weight excluding hydrogens is 326 g/mol. The smallest absolute Gasteiger partial charge is 0.314 e. The first-order chi connectivity index (χ1) is 12.3. The Morgan fingerprint density at radius 3 is 2.81 bits per heavy atom. The average molecular weight is 362 g/mol. The van der Waals surface area contributed by atoms with E-state index in [1.165, 1.54) is 11.1 Å². The fraction of sp³-hybridized carbons (Fsp3) is 0.667. The third-order valence-electron chi connectivity index (χ3n) is 4.83. The minimum atomic E-state index is -0.129. The highest BCUT2D eigenvalue weighted by Crippen LogP contribution is 2.22. The van der Waals surface area contributed by atoms with Gasteiger partial charge in [-0.25, -0.2) is 4.79 Å². The Hall–Kier alpha value is -1.59. The van der Waals surface area contributed by atoms with Crippen LogP contribution in [0.25, 0.3) is 0 Å². The maximum absolute atomic E-state index is 12.2. The molecule has 2 amide bonds. The number of nitrogens with one attached hydrogen (secondary N) is 2. The summed E-state index contributed by atoms with van der Waals surface area (Å²) < 4.78 is 5.78. The fourth-order valence-corrected chi connectivity index (χ4v) is 3.32. The predicted octanol–water partition coefficient (Wildman–Crippen LogP) is 2.93. The lowest BCUT2D eigenvalue weighted by Gasteiger charge is -2.34. The number of urea groups is 1. The van der Waals surface area contributed by atoms with Crippen LogP contribution in [0.2, 0.25) is 0 Å². The van der Waals surface area contributed by atoms with Crippen LogP contribution in [0.1, 0.15) is 38.8 Å². The molecule has 1 fully saturated rings. The molecule has 0 spiro atoms. The Labute approximate surface area is 158 Å². The first-order valence-electron chi connectivity index (χ1n) is 9.69. The van der Waals surface area contributed by atoms with Crippen LogP contribution >= 0.6 is 0 Å². The largest absolute Gasteiger partial charge is 0.374 e. The van der Waals surface area contributed by atoms with Gasteiger partial charge < -0.3 is 15.4 Å². The van der Waals surface area contributed by atoms with Gasteiger partial charge in [-0.15, -0.1) is 0 Å².